The highest BCUT2D eigenvalue weighted by atomic mass is 16.5. The number of para-hydroxylation sites is 2. The number of rotatable bonds is 8. The smallest absolute Gasteiger partial charge is 0.342 e. The van der Waals surface area contributed by atoms with Crippen LogP contribution in [0.3, 0.4) is 0 Å². The van der Waals surface area contributed by atoms with E-state index in [0.29, 0.717) is 29.5 Å². The maximum atomic E-state index is 12.3. The van der Waals surface area contributed by atoms with Crippen molar-refractivity contribution in [1.82, 2.24) is 5.32 Å². The molecule has 148 valence electrons. The Morgan fingerprint density at radius 1 is 0.964 bits per heavy atom. The van der Waals surface area contributed by atoms with Gasteiger partial charge in [0.1, 0.15) is 11.3 Å². The molecule has 0 aliphatic heterocycles. The van der Waals surface area contributed by atoms with Crippen molar-refractivity contribution in [2.75, 3.05) is 25.6 Å². The molecule has 2 amide bonds. The summed E-state index contributed by atoms with van der Waals surface area (Å²) in [5, 5.41) is 5.41. The van der Waals surface area contributed by atoms with Crippen molar-refractivity contribution >= 4 is 23.5 Å². The molecule has 0 saturated heterocycles. The summed E-state index contributed by atoms with van der Waals surface area (Å²) >= 11 is 0. The van der Waals surface area contributed by atoms with E-state index in [1.807, 2.05) is 13.8 Å². The quantitative estimate of drug-likeness (QED) is 0.683. The van der Waals surface area contributed by atoms with Crippen molar-refractivity contribution in [3.05, 3.63) is 59.7 Å². The van der Waals surface area contributed by atoms with Crippen LogP contribution >= 0.6 is 0 Å². The van der Waals surface area contributed by atoms with Gasteiger partial charge < -0.3 is 20.1 Å². The van der Waals surface area contributed by atoms with Crippen molar-refractivity contribution in [3.63, 3.8) is 0 Å². The van der Waals surface area contributed by atoms with Gasteiger partial charge in [-0.2, -0.15) is 0 Å². The second-order valence-corrected chi connectivity index (χ2v) is 6.47. The maximum Gasteiger partial charge on any atom is 0.342 e. The lowest BCUT2D eigenvalue weighted by molar-refractivity contribution is -0.119. The minimum Gasteiger partial charge on any atom is -0.496 e. The van der Waals surface area contributed by atoms with Gasteiger partial charge in [-0.3, -0.25) is 9.59 Å². The third-order valence-electron chi connectivity index (χ3n) is 3.78. The van der Waals surface area contributed by atoms with Crippen LogP contribution in [0.25, 0.3) is 0 Å². The first-order chi connectivity index (χ1) is 13.4. The van der Waals surface area contributed by atoms with Crippen LogP contribution in [0.15, 0.2) is 48.5 Å². The Morgan fingerprint density at radius 2 is 1.61 bits per heavy atom. The molecule has 7 nitrogen and oxygen atoms in total. The zero-order chi connectivity index (χ0) is 20.5. The van der Waals surface area contributed by atoms with E-state index >= 15 is 0 Å². The third-order valence-corrected chi connectivity index (χ3v) is 3.78. The van der Waals surface area contributed by atoms with Crippen molar-refractivity contribution in [2.24, 2.45) is 5.92 Å². The fourth-order valence-electron chi connectivity index (χ4n) is 2.39. The molecule has 2 rings (SSSR count). The SMILES string of the molecule is COc1ccccc1C(=O)OCC(=O)Nc1ccccc1C(=O)NCC(C)C. The van der Waals surface area contributed by atoms with Gasteiger partial charge in [0.15, 0.2) is 6.61 Å². The van der Waals surface area contributed by atoms with E-state index in [1.54, 1.807) is 48.5 Å². The van der Waals surface area contributed by atoms with E-state index in [0.717, 1.165) is 0 Å². The highest BCUT2D eigenvalue weighted by Gasteiger charge is 2.17. The average Bonchev–Trinajstić information content (AvgIpc) is 2.70. The number of anilines is 1. The Labute approximate surface area is 164 Å². The first-order valence-corrected chi connectivity index (χ1v) is 8.89. The molecule has 2 aromatic rings. The van der Waals surface area contributed by atoms with Gasteiger partial charge in [-0.15, -0.1) is 0 Å². The first kappa shape index (κ1) is 21.0. The van der Waals surface area contributed by atoms with Crippen LogP contribution in [0.5, 0.6) is 5.75 Å². The van der Waals surface area contributed by atoms with E-state index in [2.05, 4.69) is 10.6 Å². The number of benzene rings is 2. The summed E-state index contributed by atoms with van der Waals surface area (Å²) in [6, 6.07) is 13.2. The zero-order valence-corrected chi connectivity index (χ0v) is 16.2. The van der Waals surface area contributed by atoms with Crippen LogP contribution in [0.1, 0.15) is 34.6 Å². The number of hydrogen-bond donors (Lipinski definition) is 2. The molecule has 0 bridgehead atoms. The number of carbonyl (C=O) groups excluding carboxylic acids is 3. The van der Waals surface area contributed by atoms with Gasteiger partial charge in [-0.1, -0.05) is 38.1 Å². The standard InChI is InChI=1S/C21H24N2O5/c1-14(2)12-22-20(25)15-8-4-6-10-17(15)23-19(24)13-28-21(26)16-9-5-7-11-18(16)27-3/h4-11,14H,12-13H2,1-3H3,(H,22,25)(H,23,24). The molecule has 2 N–H and O–H groups in total. The van der Waals surface area contributed by atoms with Crippen LogP contribution in [-0.4, -0.2) is 38.0 Å². The zero-order valence-electron chi connectivity index (χ0n) is 16.2. The fourth-order valence-corrected chi connectivity index (χ4v) is 2.39. The van der Waals surface area contributed by atoms with E-state index in [9.17, 15) is 14.4 Å². The summed E-state index contributed by atoms with van der Waals surface area (Å²) in [5.74, 6) is -0.835. The van der Waals surface area contributed by atoms with Crippen molar-refractivity contribution in [3.8, 4) is 5.75 Å². The van der Waals surface area contributed by atoms with E-state index in [-0.39, 0.29) is 11.5 Å². The average molecular weight is 384 g/mol. The fraction of sp³-hybridized carbons (Fsp3) is 0.286. The highest BCUT2D eigenvalue weighted by Crippen LogP contribution is 2.18. The Bertz CT molecular complexity index is 848. The second-order valence-electron chi connectivity index (χ2n) is 6.47. The number of hydrogen-bond acceptors (Lipinski definition) is 5. The van der Waals surface area contributed by atoms with Crippen LogP contribution in [0.4, 0.5) is 5.69 Å². The summed E-state index contributed by atoms with van der Waals surface area (Å²) in [4.78, 5) is 36.7. The molecule has 0 aromatic heterocycles. The second kappa shape index (κ2) is 10.1. The summed E-state index contributed by atoms with van der Waals surface area (Å²) < 4.78 is 10.2. The van der Waals surface area contributed by atoms with Crippen molar-refractivity contribution in [1.29, 1.82) is 0 Å². The van der Waals surface area contributed by atoms with Gasteiger partial charge in [0, 0.05) is 6.54 Å². The number of nitrogens with one attached hydrogen (secondary N) is 2. The largest absolute Gasteiger partial charge is 0.496 e. The van der Waals surface area contributed by atoms with Crippen LogP contribution < -0.4 is 15.4 Å². The Morgan fingerprint density at radius 3 is 2.29 bits per heavy atom. The van der Waals surface area contributed by atoms with E-state index in [4.69, 9.17) is 9.47 Å². The third kappa shape index (κ3) is 5.84. The van der Waals surface area contributed by atoms with Gasteiger partial charge in [-0.25, -0.2) is 4.79 Å². The summed E-state index contributed by atoms with van der Waals surface area (Å²) in [6.07, 6.45) is 0. The predicted octanol–water partition coefficient (Wildman–Crippen LogP) is 2.88. The number of methoxy groups -OCH3 is 1. The lowest BCUT2D eigenvalue weighted by atomic mass is 10.1. The number of ether oxygens (including phenoxy) is 2. The molecule has 0 atom stereocenters. The first-order valence-electron chi connectivity index (χ1n) is 8.89. The highest BCUT2D eigenvalue weighted by molar-refractivity contribution is 6.04. The molecule has 0 aliphatic rings. The Kier molecular flexibility index (Phi) is 7.56. The van der Waals surface area contributed by atoms with Crippen LogP contribution in [0, 0.1) is 5.92 Å². The van der Waals surface area contributed by atoms with Gasteiger partial charge in [0.2, 0.25) is 0 Å². The summed E-state index contributed by atoms with van der Waals surface area (Å²) in [5.41, 5.74) is 0.918. The van der Waals surface area contributed by atoms with E-state index in [1.165, 1.54) is 7.11 Å². The van der Waals surface area contributed by atoms with Crippen LogP contribution in [0.2, 0.25) is 0 Å². The molecule has 2 aromatic carbocycles. The van der Waals surface area contributed by atoms with Gasteiger partial charge in [0.25, 0.3) is 11.8 Å². The molecule has 0 spiro atoms. The molecule has 0 radical (unpaired) electrons. The van der Waals surface area contributed by atoms with Gasteiger partial charge >= 0.3 is 5.97 Å². The minimum atomic E-state index is -0.671. The Balaban J connectivity index is 1.98. The lowest BCUT2D eigenvalue weighted by Crippen LogP contribution is -2.29. The maximum absolute atomic E-state index is 12.3. The number of esters is 1. The molecule has 0 saturated carbocycles. The van der Waals surface area contributed by atoms with Gasteiger partial charge in [0.05, 0.1) is 18.4 Å². The molecule has 7 heteroatoms. The minimum absolute atomic E-state index is 0.228. The molecular weight excluding hydrogens is 360 g/mol. The summed E-state index contributed by atoms with van der Waals surface area (Å²) in [7, 11) is 1.44. The normalized spacial score (nSPS) is 10.3. The molecule has 0 aliphatic carbocycles. The molecule has 28 heavy (non-hydrogen) atoms. The topological polar surface area (TPSA) is 93.7 Å². The summed E-state index contributed by atoms with van der Waals surface area (Å²) in [6.45, 7) is 4.02. The lowest BCUT2D eigenvalue weighted by Gasteiger charge is -2.13. The molecule has 0 heterocycles. The van der Waals surface area contributed by atoms with E-state index < -0.39 is 18.5 Å². The predicted molar refractivity (Wildman–Crippen MR) is 106 cm³/mol. The number of carbonyl (C=O) groups is 3. The Hall–Kier alpha value is -3.35. The monoisotopic (exact) mass is 384 g/mol. The molecule has 0 fully saturated rings. The molecule has 0 unspecified atom stereocenters. The van der Waals surface area contributed by atoms with Crippen molar-refractivity contribution in [2.45, 2.75) is 13.8 Å². The number of amides is 2. The molecular formula is C21H24N2O5. The van der Waals surface area contributed by atoms with Crippen LogP contribution in [-0.2, 0) is 9.53 Å². The van der Waals surface area contributed by atoms with Gasteiger partial charge in [-0.05, 0) is 30.2 Å². The van der Waals surface area contributed by atoms with Crippen molar-refractivity contribution < 1.29 is 23.9 Å².